The number of aliphatic hydroxyl groups excluding tert-OH is 1. The third-order valence-corrected chi connectivity index (χ3v) is 2.98. The van der Waals surface area contributed by atoms with Crippen molar-refractivity contribution >= 4 is 5.97 Å². The second-order valence-corrected chi connectivity index (χ2v) is 3.99. The lowest BCUT2D eigenvalue weighted by atomic mass is 9.72. The molecular formula is C9H16O3. The molecule has 2 N–H and O–H groups in total. The third kappa shape index (κ3) is 1.78. The summed E-state index contributed by atoms with van der Waals surface area (Å²) in [6, 6.07) is 0. The van der Waals surface area contributed by atoms with Gasteiger partial charge in [0.05, 0.1) is 5.41 Å². The van der Waals surface area contributed by atoms with Crippen molar-refractivity contribution in [1.82, 2.24) is 0 Å². The van der Waals surface area contributed by atoms with Crippen molar-refractivity contribution in [2.75, 3.05) is 6.61 Å². The second kappa shape index (κ2) is 3.44. The Labute approximate surface area is 72.4 Å². The van der Waals surface area contributed by atoms with E-state index < -0.39 is 11.4 Å². The SMILES string of the molecule is CC1(C(=O)O)CCC(CO)CC1. The van der Waals surface area contributed by atoms with E-state index in [4.69, 9.17) is 10.2 Å². The molecule has 1 aliphatic carbocycles. The second-order valence-electron chi connectivity index (χ2n) is 3.99. The summed E-state index contributed by atoms with van der Waals surface area (Å²) in [6.07, 6.45) is 3.10. The van der Waals surface area contributed by atoms with Crippen molar-refractivity contribution in [3.05, 3.63) is 0 Å². The van der Waals surface area contributed by atoms with Crippen LogP contribution >= 0.6 is 0 Å². The van der Waals surface area contributed by atoms with Gasteiger partial charge in [0.2, 0.25) is 0 Å². The van der Waals surface area contributed by atoms with Crippen molar-refractivity contribution in [3.8, 4) is 0 Å². The molecule has 0 bridgehead atoms. The molecule has 1 saturated carbocycles. The Bertz CT molecular complexity index is 169. The quantitative estimate of drug-likeness (QED) is 0.659. The number of carbonyl (C=O) groups is 1. The first kappa shape index (κ1) is 9.52. The number of hydrogen-bond donors (Lipinski definition) is 2. The smallest absolute Gasteiger partial charge is 0.309 e. The van der Waals surface area contributed by atoms with Gasteiger partial charge in [0, 0.05) is 6.61 Å². The number of carboxylic acids is 1. The molecule has 0 aromatic carbocycles. The van der Waals surface area contributed by atoms with E-state index in [0.29, 0.717) is 18.8 Å². The first-order valence-electron chi connectivity index (χ1n) is 4.43. The van der Waals surface area contributed by atoms with E-state index >= 15 is 0 Å². The van der Waals surface area contributed by atoms with Gasteiger partial charge in [-0.25, -0.2) is 0 Å². The zero-order valence-corrected chi connectivity index (χ0v) is 7.42. The van der Waals surface area contributed by atoms with Crippen LogP contribution in [0.2, 0.25) is 0 Å². The van der Waals surface area contributed by atoms with E-state index in [9.17, 15) is 4.79 Å². The number of rotatable bonds is 2. The lowest BCUT2D eigenvalue weighted by Crippen LogP contribution is -2.33. The Kier molecular flexibility index (Phi) is 2.73. The van der Waals surface area contributed by atoms with E-state index in [2.05, 4.69) is 0 Å². The predicted molar refractivity (Wildman–Crippen MR) is 44.8 cm³/mol. The molecule has 1 fully saturated rings. The molecule has 1 rings (SSSR count). The number of aliphatic carboxylic acids is 1. The summed E-state index contributed by atoms with van der Waals surface area (Å²) >= 11 is 0. The fourth-order valence-electron chi connectivity index (χ4n) is 1.71. The van der Waals surface area contributed by atoms with Crippen molar-refractivity contribution in [2.45, 2.75) is 32.6 Å². The average Bonchev–Trinajstić information content (AvgIpc) is 2.06. The van der Waals surface area contributed by atoms with Crippen LogP contribution in [-0.4, -0.2) is 22.8 Å². The van der Waals surface area contributed by atoms with E-state index in [-0.39, 0.29) is 6.61 Å². The molecule has 0 aromatic rings. The van der Waals surface area contributed by atoms with Crippen LogP contribution in [-0.2, 0) is 4.79 Å². The van der Waals surface area contributed by atoms with Crippen LogP contribution in [0.4, 0.5) is 0 Å². The maximum Gasteiger partial charge on any atom is 0.309 e. The molecule has 3 nitrogen and oxygen atoms in total. The molecule has 0 heterocycles. The molecule has 0 unspecified atom stereocenters. The van der Waals surface area contributed by atoms with E-state index in [1.54, 1.807) is 6.92 Å². The summed E-state index contributed by atoms with van der Waals surface area (Å²) in [6.45, 7) is 2.00. The molecular weight excluding hydrogens is 156 g/mol. The molecule has 0 aliphatic heterocycles. The predicted octanol–water partition coefficient (Wildman–Crippen LogP) is 1.26. The summed E-state index contributed by atoms with van der Waals surface area (Å²) < 4.78 is 0. The molecule has 0 aromatic heterocycles. The lowest BCUT2D eigenvalue weighted by molar-refractivity contribution is -0.150. The van der Waals surface area contributed by atoms with Gasteiger partial charge < -0.3 is 10.2 Å². The van der Waals surface area contributed by atoms with Gasteiger partial charge in [-0.15, -0.1) is 0 Å². The summed E-state index contributed by atoms with van der Waals surface area (Å²) in [5, 5.41) is 17.7. The van der Waals surface area contributed by atoms with Gasteiger partial charge in [-0.1, -0.05) is 0 Å². The zero-order valence-electron chi connectivity index (χ0n) is 7.42. The van der Waals surface area contributed by atoms with Crippen molar-refractivity contribution in [1.29, 1.82) is 0 Å². The Hall–Kier alpha value is -0.570. The monoisotopic (exact) mass is 172 g/mol. The normalized spacial score (nSPS) is 36.3. The molecule has 1 aliphatic rings. The number of carboxylic acid groups (broad SMARTS) is 1. The highest BCUT2D eigenvalue weighted by molar-refractivity contribution is 5.74. The maximum atomic E-state index is 10.8. The first-order chi connectivity index (χ1) is 5.58. The van der Waals surface area contributed by atoms with E-state index in [0.717, 1.165) is 12.8 Å². The first-order valence-corrected chi connectivity index (χ1v) is 4.43. The van der Waals surface area contributed by atoms with Gasteiger partial charge in [0.1, 0.15) is 0 Å². The van der Waals surface area contributed by atoms with Gasteiger partial charge in [-0.3, -0.25) is 4.79 Å². The van der Waals surface area contributed by atoms with E-state index in [1.165, 1.54) is 0 Å². The topological polar surface area (TPSA) is 57.5 Å². The largest absolute Gasteiger partial charge is 0.481 e. The Morgan fingerprint density at radius 2 is 2.00 bits per heavy atom. The molecule has 0 saturated heterocycles. The van der Waals surface area contributed by atoms with Crippen LogP contribution in [0, 0.1) is 11.3 Å². The van der Waals surface area contributed by atoms with Gasteiger partial charge in [0.25, 0.3) is 0 Å². The van der Waals surface area contributed by atoms with Crippen molar-refractivity contribution < 1.29 is 15.0 Å². The van der Waals surface area contributed by atoms with Crippen LogP contribution in [0.3, 0.4) is 0 Å². The summed E-state index contributed by atoms with van der Waals surface area (Å²) in [7, 11) is 0. The molecule has 0 amide bonds. The van der Waals surface area contributed by atoms with Crippen LogP contribution in [0.5, 0.6) is 0 Å². The van der Waals surface area contributed by atoms with Crippen molar-refractivity contribution in [3.63, 3.8) is 0 Å². The molecule has 70 valence electrons. The Morgan fingerprint density at radius 1 is 1.50 bits per heavy atom. The van der Waals surface area contributed by atoms with Gasteiger partial charge in [0.15, 0.2) is 0 Å². The fourth-order valence-corrected chi connectivity index (χ4v) is 1.71. The molecule has 12 heavy (non-hydrogen) atoms. The van der Waals surface area contributed by atoms with Crippen LogP contribution < -0.4 is 0 Å². The minimum absolute atomic E-state index is 0.204. The summed E-state index contributed by atoms with van der Waals surface area (Å²) in [4.78, 5) is 10.8. The fraction of sp³-hybridized carbons (Fsp3) is 0.889. The lowest BCUT2D eigenvalue weighted by Gasteiger charge is -2.32. The van der Waals surface area contributed by atoms with Crippen LogP contribution in [0.25, 0.3) is 0 Å². The Balaban J connectivity index is 2.49. The van der Waals surface area contributed by atoms with Gasteiger partial charge in [-0.2, -0.15) is 0 Å². The standard InChI is InChI=1S/C9H16O3/c1-9(8(11)12)4-2-7(6-10)3-5-9/h7,10H,2-6H2,1H3,(H,11,12). The molecule has 3 heteroatoms. The molecule has 0 radical (unpaired) electrons. The number of aliphatic hydroxyl groups is 1. The third-order valence-electron chi connectivity index (χ3n) is 2.98. The average molecular weight is 172 g/mol. The number of hydrogen-bond acceptors (Lipinski definition) is 2. The zero-order chi connectivity index (χ0) is 9.19. The minimum Gasteiger partial charge on any atom is -0.481 e. The maximum absolute atomic E-state index is 10.8. The van der Waals surface area contributed by atoms with Crippen molar-refractivity contribution in [2.24, 2.45) is 11.3 Å². The van der Waals surface area contributed by atoms with Gasteiger partial charge >= 0.3 is 5.97 Å². The highest BCUT2D eigenvalue weighted by Gasteiger charge is 2.37. The highest BCUT2D eigenvalue weighted by Crippen LogP contribution is 2.38. The van der Waals surface area contributed by atoms with Crippen LogP contribution in [0.15, 0.2) is 0 Å². The van der Waals surface area contributed by atoms with Crippen LogP contribution in [0.1, 0.15) is 32.6 Å². The summed E-state index contributed by atoms with van der Waals surface area (Å²) in [5.74, 6) is -0.365. The Morgan fingerprint density at radius 3 is 2.33 bits per heavy atom. The molecule has 0 atom stereocenters. The minimum atomic E-state index is -0.695. The molecule has 0 spiro atoms. The van der Waals surface area contributed by atoms with E-state index in [1.807, 2.05) is 0 Å². The summed E-state index contributed by atoms with van der Waals surface area (Å²) in [5.41, 5.74) is -0.536. The van der Waals surface area contributed by atoms with Gasteiger partial charge in [-0.05, 0) is 38.5 Å². The highest BCUT2D eigenvalue weighted by atomic mass is 16.4.